The van der Waals surface area contributed by atoms with Crippen LogP contribution >= 0.6 is 0 Å². The Labute approximate surface area is 218 Å². The quantitative estimate of drug-likeness (QED) is 0.346. The molecule has 0 spiro atoms. The largest absolute Gasteiger partial charge is 0.495 e. The number of fused-ring (bicyclic) bond motifs is 1. The third-order valence-electron chi connectivity index (χ3n) is 7.96. The van der Waals surface area contributed by atoms with Crippen LogP contribution in [-0.2, 0) is 12.0 Å². The van der Waals surface area contributed by atoms with Crippen molar-refractivity contribution in [2.75, 3.05) is 18.6 Å². The van der Waals surface area contributed by atoms with Gasteiger partial charge < -0.3 is 14.2 Å². The third-order valence-corrected chi connectivity index (χ3v) is 7.96. The normalized spacial score (nSPS) is 21.5. The number of imidazole rings is 1. The number of para-hydroxylation sites is 1. The molecular weight excluding hydrogens is 460 g/mol. The fourth-order valence-corrected chi connectivity index (χ4v) is 6.12. The molecule has 7 heteroatoms. The first kappa shape index (κ1) is 23.5. The van der Waals surface area contributed by atoms with E-state index in [4.69, 9.17) is 14.8 Å². The Balaban J connectivity index is 1.27. The molecule has 7 nitrogen and oxygen atoms in total. The van der Waals surface area contributed by atoms with E-state index in [1.54, 1.807) is 7.11 Å². The standard InChI is InChI=1S/C30H34N6O/c1-22-20-34(21-31-22)25-14-12-23(19-26(25)37-3)13-15-28-32-29-30(2,16-8-18-36(29)33-28)27-11-7-17-35(27)24-9-5-4-6-10-24/h4-6,9-10,12-15,19-21,27H,7-8,11,16-18H2,1-3H3/b15-13+/t27-,30-/m0/s1. The number of hydrogen-bond donors (Lipinski definition) is 0. The van der Waals surface area contributed by atoms with Crippen molar-refractivity contribution >= 4 is 17.8 Å². The number of aryl methyl sites for hydroxylation is 2. The van der Waals surface area contributed by atoms with E-state index in [0.29, 0.717) is 6.04 Å². The van der Waals surface area contributed by atoms with Gasteiger partial charge in [0.1, 0.15) is 11.6 Å². The van der Waals surface area contributed by atoms with Gasteiger partial charge in [-0.1, -0.05) is 37.3 Å². The number of anilines is 1. The van der Waals surface area contributed by atoms with Crippen LogP contribution in [0.2, 0.25) is 0 Å². The molecule has 0 radical (unpaired) electrons. The van der Waals surface area contributed by atoms with Crippen molar-refractivity contribution in [1.29, 1.82) is 0 Å². The van der Waals surface area contributed by atoms with Crippen LogP contribution in [0.4, 0.5) is 5.69 Å². The van der Waals surface area contributed by atoms with Crippen molar-refractivity contribution in [3.63, 3.8) is 0 Å². The molecule has 4 heterocycles. The summed E-state index contributed by atoms with van der Waals surface area (Å²) < 4.78 is 9.81. The van der Waals surface area contributed by atoms with Gasteiger partial charge in [-0.15, -0.1) is 0 Å². The van der Waals surface area contributed by atoms with Gasteiger partial charge in [0.2, 0.25) is 0 Å². The van der Waals surface area contributed by atoms with E-state index in [1.165, 1.54) is 18.5 Å². The predicted octanol–water partition coefficient (Wildman–Crippen LogP) is 5.67. The van der Waals surface area contributed by atoms with Crippen LogP contribution < -0.4 is 9.64 Å². The van der Waals surface area contributed by atoms with Crippen LogP contribution in [0, 0.1) is 6.92 Å². The molecule has 0 saturated carbocycles. The van der Waals surface area contributed by atoms with Gasteiger partial charge in [0, 0.05) is 36.4 Å². The molecule has 6 rings (SSSR count). The molecule has 2 aliphatic rings. The Morgan fingerprint density at radius 1 is 1.05 bits per heavy atom. The highest BCUT2D eigenvalue weighted by molar-refractivity contribution is 5.69. The molecule has 1 fully saturated rings. The second-order valence-corrected chi connectivity index (χ2v) is 10.4. The van der Waals surface area contributed by atoms with Crippen molar-refractivity contribution in [3.05, 3.63) is 84.0 Å². The lowest BCUT2D eigenvalue weighted by Gasteiger charge is -2.43. The lowest BCUT2D eigenvalue weighted by atomic mass is 9.74. The predicted molar refractivity (Wildman–Crippen MR) is 147 cm³/mol. The molecule has 2 aliphatic heterocycles. The van der Waals surface area contributed by atoms with Gasteiger partial charge in [-0.25, -0.2) is 14.6 Å². The zero-order valence-electron chi connectivity index (χ0n) is 21.8. The SMILES string of the molecule is COc1cc(/C=C/c2nc3n(n2)CCC[C@@]3(C)[C@@H]2CCCN2c2ccccc2)ccc1-n1cnc(C)c1. The lowest BCUT2D eigenvalue weighted by Crippen LogP contribution is -2.49. The number of benzene rings is 2. The minimum Gasteiger partial charge on any atom is -0.495 e. The highest BCUT2D eigenvalue weighted by atomic mass is 16.5. The fraction of sp³-hybridized carbons (Fsp3) is 0.367. The van der Waals surface area contributed by atoms with Gasteiger partial charge in [-0.3, -0.25) is 0 Å². The monoisotopic (exact) mass is 494 g/mol. The second-order valence-electron chi connectivity index (χ2n) is 10.4. The van der Waals surface area contributed by atoms with Gasteiger partial charge in [0.25, 0.3) is 0 Å². The van der Waals surface area contributed by atoms with E-state index in [9.17, 15) is 0 Å². The zero-order valence-corrected chi connectivity index (χ0v) is 21.8. The molecule has 0 aliphatic carbocycles. The van der Waals surface area contributed by atoms with Gasteiger partial charge in [0.05, 0.1) is 24.8 Å². The summed E-state index contributed by atoms with van der Waals surface area (Å²) in [6.07, 6.45) is 12.5. The molecule has 0 amide bonds. The lowest BCUT2D eigenvalue weighted by molar-refractivity contribution is 0.262. The Kier molecular flexibility index (Phi) is 6.07. The summed E-state index contributed by atoms with van der Waals surface area (Å²) in [7, 11) is 1.70. The average molecular weight is 495 g/mol. The number of hydrogen-bond acceptors (Lipinski definition) is 5. The molecule has 2 aromatic carbocycles. The molecule has 0 bridgehead atoms. The van der Waals surface area contributed by atoms with Gasteiger partial charge in [-0.2, -0.15) is 5.10 Å². The summed E-state index contributed by atoms with van der Waals surface area (Å²) in [5, 5.41) is 4.90. The average Bonchev–Trinajstić information content (AvgIpc) is 3.68. The minimum atomic E-state index is -0.0303. The van der Waals surface area contributed by atoms with Crippen molar-refractivity contribution in [3.8, 4) is 11.4 Å². The van der Waals surface area contributed by atoms with Crippen molar-refractivity contribution in [2.24, 2.45) is 0 Å². The summed E-state index contributed by atoms with van der Waals surface area (Å²) in [5.41, 5.74) is 4.26. The van der Waals surface area contributed by atoms with E-state index in [-0.39, 0.29) is 5.41 Å². The first-order chi connectivity index (χ1) is 18.0. The van der Waals surface area contributed by atoms with Crippen LogP contribution in [0.3, 0.4) is 0 Å². The molecule has 0 unspecified atom stereocenters. The second kappa shape index (κ2) is 9.54. The Morgan fingerprint density at radius 3 is 2.70 bits per heavy atom. The molecule has 2 aromatic heterocycles. The van der Waals surface area contributed by atoms with Crippen molar-refractivity contribution < 1.29 is 4.74 Å². The first-order valence-electron chi connectivity index (χ1n) is 13.2. The Bertz CT molecular complexity index is 1420. The summed E-state index contributed by atoms with van der Waals surface area (Å²) >= 11 is 0. The highest BCUT2D eigenvalue weighted by Gasteiger charge is 2.46. The van der Waals surface area contributed by atoms with E-state index >= 15 is 0 Å². The van der Waals surface area contributed by atoms with E-state index < -0.39 is 0 Å². The Hall–Kier alpha value is -3.87. The minimum absolute atomic E-state index is 0.0303. The molecule has 4 aromatic rings. The molecule has 2 atom stereocenters. The topological polar surface area (TPSA) is 61.0 Å². The fourth-order valence-electron chi connectivity index (χ4n) is 6.12. The molecular formula is C30H34N6O. The zero-order chi connectivity index (χ0) is 25.4. The van der Waals surface area contributed by atoms with Crippen LogP contribution in [0.15, 0.2) is 61.1 Å². The molecule has 190 valence electrons. The maximum Gasteiger partial charge on any atom is 0.174 e. The van der Waals surface area contributed by atoms with Crippen LogP contribution in [-0.4, -0.2) is 44.0 Å². The van der Waals surface area contributed by atoms with Crippen LogP contribution in [0.25, 0.3) is 17.8 Å². The van der Waals surface area contributed by atoms with E-state index in [1.807, 2.05) is 36.2 Å². The van der Waals surface area contributed by atoms with Gasteiger partial charge >= 0.3 is 0 Å². The number of ether oxygens (including phenoxy) is 1. The highest BCUT2D eigenvalue weighted by Crippen LogP contribution is 2.43. The summed E-state index contributed by atoms with van der Waals surface area (Å²) in [6.45, 7) is 6.40. The van der Waals surface area contributed by atoms with Crippen molar-refractivity contribution in [1.82, 2.24) is 24.3 Å². The third kappa shape index (κ3) is 4.32. The summed E-state index contributed by atoms with van der Waals surface area (Å²) in [4.78, 5) is 12.0. The summed E-state index contributed by atoms with van der Waals surface area (Å²) in [6, 6.07) is 17.4. The Morgan fingerprint density at radius 2 is 1.92 bits per heavy atom. The molecule has 1 saturated heterocycles. The summed E-state index contributed by atoms with van der Waals surface area (Å²) in [5.74, 6) is 2.68. The molecule has 37 heavy (non-hydrogen) atoms. The van der Waals surface area contributed by atoms with Gasteiger partial charge in [0.15, 0.2) is 5.82 Å². The van der Waals surface area contributed by atoms with Crippen LogP contribution in [0.1, 0.15) is 55.5 Å². The smallest absolute Gasteiger partial charge is 0.174 e. The number of nitrogens with zero attached hydrogens (tertiary/aromatic N) is 6. The van der Waals surface area contributed by atoms with Crippen molar-refractivity contribution in [2.45, 2.75) is 57.5 Å². The first-order valence-corrected chi connectivity index (χ1v) is 13.2. The maximum atomic E-state index is 5.68. The number of methoxy groups -OCH3 is 1. The van der Waals surface area contributed by atoms with E-state index in [0.717, 1.165) is 60.3 Å². The van der Waals surface area contributed by atoms with Crippen LogP contribution in [0.5, 0.6) is 5.75 Å². The number of rotatable bonds is 6. The maximum absolute atomic E-state index is 5.68. The number of aromatic nitrogens is 5. The molecule has 0 N–H and O–H groups in total. The van der Waals surface area contributed by atoms with E-state index in [2.05, 4.69) is 70.0 Å². The van der Waals surface area contributed by atoms with Gasteiger partial charge in [-0.05, 0) is 68.5 Å².